The minimum absolute atomic E-state index is 0.0329. The number of anilines is 1. The number of halogens is 4. The summed E-state index contributed by atoms with van der Waals surface area (Å²) in [6.45, 7) is 2.63. The van der Waals surface area contributed by atoms with Crippen LogP contribution in [0.1, 0.15) is 41.7 Å². The van der Waals surface area contributed by atoms with E-state index < -0.39 is 45.4 Å². The fourth-order valence-electron chi connectivity index (χ4n) is 5.35. The number of hydrogen-bond acceptors (Lipinski definition) is 4. The molecule has 3 aliphatic rings. The van der Waals surface area contributed by atoms with Crippen molar-refractivity contribution in [2.24, 2.45) is 23.5 Å². The van der Waals surface area contributed by atoms with Crippen LogP contribution in [0.15, 0.2) is 29.2 Å². The number of carboxylic acid groups (broad SMARTS) is 1. The van der Waals surface area contributed by atoms with Crippen molar-refractivity contribution >= 4 is 22.6 Å². The van der Waals surface area contributed by atoms with Crippen LogP contribution in [0, 0.1) is 23.6 Å². The smallest absolute Gasteiger partial charge is 0.417 e. The number of carbonyl (C=O) groups is 1. The number of aromatic nitrogens is 1. The number of pyridine rings is 1. The zero-order chi connectivity index (χ0) is 23.8. The highest BCUT2D eigenvalue weighted by Gasteiger charge is 2.43. The van der Waals surface area contributed by atoms with Gasteiger partial charge in [0.15, 0.2) is 5.82 Å². The number of carboxylic acids is 1. The highest BCUT2D eigenvalue weighted by Crippen LogP contribution is 2.45. The van der Waals surface area contributed by atoms with E-state index in [0.29, 0.717) is 32.0 Å². The van der Waals surface area contributed by atoms with Gasteiger partial charge in [0.25, 0.3) is 0 Å². The molecule has 1 saturated carbocycles. The molecule has 1 saturated heterocycles. The normalized spacial score (nSPS) is 27.3. The van der Waals surface area contributed by atoms with Gasteiger partial charge in [0.1, 0.15) is 5.56 Å². The molecule has 33 heavy (non-hydrogen) atoms. The number of nitrogens with zero attached hydrogens (tertiary/aromatic N) is 2. The highest BCUT2D eigenvalue weighted by atomic mass is 19.4. The molecule has 0 amide bonds. The Morgan fingerprint density at radius 1 is 1.18 bits per heavy atom. The fraction of sp³-hybridized carbons (Fsp3) is 0.478. The van der Waals surface area contributed by atoms with Crippen molar-refractivity contribution in [1.82, 2.24) is 4.57 Å². The van der Waals surface area contributed by atoms with Gasteiger partial charge in [0.05, 0.1) is 22.2 Å². The van der Waals surface area contributed by atoms with E-state index in [9.17, 15) is 27.9 Å². The van der Waals surface area contributed by atoms with Crippen LogP contribution in [0.5, 0.6) is 0 Å². The van der Waals surface area contributed by atoms with E-state index in [1.54, 1.807) is 4.90 Å². The molecule has 1 aromatic heterocycles. The van der Waals surface area contributed by atoms with Crippen LogP contribution >= 0.6 is 0 Å². The third-order valence-electron chi connectivity index (χ3n) is 7.25. The zero-order valence-electron chi connectivity index (χ0n) is 17.8. The molecule has 4 atom stereocenters. The van der Waals surface area contributed by atoms with Gasteiger partial charge >= 0.3 is 12.1 Å². The summed E-state index contributed by atoms with van der Waals surface area (Å²) in [7, 11) is 0. The molecule has 2 aromatic rings. The lowest BCUT2D eigenvalue weighted by Gasteiger charge is -2.30. The SMILES string of the molecule is CC1C=CC(N)C2CN(c3cc(C(F)(F)F)c4c(=O)c(C(=O)O)cn(C5CC5)c4c3F)CC12. The molecule has 10 heteroatoms. The molecule has 0 bridgehead atoms. The predicted molar refractivity (Wildman–Crippen MR) is 114 cm³/mol. The number of aromatic carboxylic acids is 1. The lowest BCUT2D eigenvalue weighted by atomic mass is 9.77. The predicted octanol–water partition coefficient (Wildman–Crippen LogP) is 3.78. The minimum Gasteiger partial charge on any atom is -0.477 e. The number of fused-ring (bicyclic) bond motifs is 2. The molecule has 2 aliphatic carbocycles. The van der Waals surface area contributed by atoms with Gasteiger partial charge in [-0.05, 0) is 30.7 Å². The molecular formula is C23H23F4N3O3. The number of hydrogen-bond donors (Lipinski definition) is 2. The third-order valence-corrected chi connectivity index (χ3v) is 7.25. The zero-order valence-corrected chi connectivity index (χ0v) is 17.8. The van der Waals surface area contributed by atoms with Crippen molar-refractivity contribution in [3.8, 4) is 0 Å². The molecule has 2 heterocycles. The van der Waals surface area contributed by atoms with Crippen LogP contribution in [-0.4, -0.2) is 34.8 Å². The Labute approximate surface area is 186 Å². The lowest BCUT2D eigenvalue weighted by Crippen LogP contribution is -2.38. The van der Waals surface area contributed by atoms with Gasteiger partial charge in [-0.15, -0.1) is 0 Å². The Balaban J connectivity index is 1.76. The quantitative estimate of drug-likeness (QED) is 0.532. The van der Waals surface area contributed by atoms with E-state index in [1.807, 2.05) is 19.1 Å². The Morgan fingerprint density at radius 2 is 1.85 bits per heavy atom. The number of nitrogens with two attached hydrogens (primary N) is 1. The Hall–Kier alpha value is -2.88. The summed E-state index contributed by atoms with van der Waals surface area (Å²) in [5, 5.41) is 8.46. The van der Waals surface area contributed by atoms with Crippen LogP contribution in [0.25, 0.3) is 10.9 Å². The van der Waals surface area contributed by atoms with Crippen molar-refractivity contribution < 1.29 is 27.5 Å². The van der Waals surface area contributed by atoms with E-state index >= 15 is 4.39 Å². The van der Waals surface area contributed by atoms with Crippen molar-refractivity contribution in [1.29, 1.82) is 0 Å². The molecule has 3 N–H and O–H groups in total. The Bertz CT molecular complexity index is 1230. The van der Waals surface area contributed by atoms with Gasteiger partial charge in [-0.2, -0.15) is 13.2 Å². The molecular weight excluding hydrogens is 442 g/mol. The third kappa shape index (κ3) is 3.42. The van der Waals surface area contributed by atoms with Crippen molar-refractivity contribution in [2.45, 2.75) is 38.0 Å². The van der Waals surface area contributed by atoms with Crippen molar-refractivity contribution in [2.75, 3.05) is 18.0 Å². The first-order valence-electron chi connectivity index (χ1n) is 10.9. The first-order valence-corrected chi connectivity index (χ1v) is 10.9. The monoisotopic (exact) mass is 465 g/mol. The first-order chi connectivity index (χ1) is 15.5. The van der Waals surface area contributed by atoms with Crippen LogP contribution in [0.4, 0.5) is 23.2 Å². The summed E-state index contributed by atoms with van der Waals surface area (Å²) in [5.74, 6) is -2.41. The minimum atomic E-state index is -4.98. The van der Waals surface area contributed by atoms with Crippen molar-refractivity contribution in [3.05, 3.63) is 51.6 Å². The summed E-state index contributed by atoms with van der Waals surface area (Å²) in [5.41, 5.74) is 2.03. The van der Waals surface area contributed by atoms with E-state index in [4.69, 9.17) is 5.73 Å². The van der Waals surface area contributed by atoms with Crippen LogP contribution in [-0.2, 0) is 6.18 Å². The second-order valence-corrected chi connectivity index (χ2v) is 9.35. The summed E-state index contributed by atoms with van der Waals surface area (Å²) in [6, 6.07) is 0.0310. The molecule has 1 aromatic carbocycles. The van der Waals surface area contributed by atoms with E-state index in [1.165, 1.54) is 4.57 Å². The second-order valence-electron chi connectivity index (χ2n) is 9.35. The van der Waals surface area contributed by atoms with E-state index in [2.05, 4.69) is 0 Å². The molecule has 176 valence electrons. The van der Waals surface area contributed by atoms with E-state index in [-0.39, 0.29) is 35.5 Å². The number of alkyl halides is 3. The number of rotatable bonds is 3. The van der Waals surface area contributed by atoms with Gasteiger partial charge in [-0.1, -0.05) is 19.1 Å². The van der Waals surface area contributed by atoms with Crippen LogP contribution < -0.4 is 16.1 Å². The maximum absolute atomic E-state index is 16.0. The van der Waals surface area contributed by atoms with Gasteiger partial charge in [-0.3, -0.25) is 4.79 Å². The summed E-state index contributed by atoms with van der Waals surface area (Å²) < 4.78 is 59.6. The average Bonchev–Trinajstić information content (AvgIpc) is 3.47. The molecule has 5 rings (SSSR count). The van der Waals surface area contributed by atoms with Gasteiger partial charge in [-0.25, -0.2) is 9.18 Å². The van der Waals surface area contributed by atoms with Gasteiger partial charge < -0.3 is 20.3 Å². The van der Waals surface area contributed by atoms with E-state index in [0.717, 1.165) is 6.20 Å². The highest BCUT2D eigenvalue weighted by molar-refractivity contribution is 5.95. The molecule has 6 nitrogen and oxygen atoms in total. The molecule has 4 unspecified atom stereocenters. The van der Waals surface area contributed by atoms with Gasteiger partial charge in [0, 0.05) is 37.3 Å². The lowest BCUT2D eigenvalue weighted by molar-refractivity contribution is -0.136. The Morgan fingerprint density at radius 3 is 2.42 bits per heavy atom. The average molecular weight is 465 g/mol. The molecule has 2 fully saturated rings. The molecule has 0 spiro atoms. The topological polar surface area (TPSA) is 88.6 Å². The van der Waals surface area contributed by atoms with Crippen molar-refractivity contribution in [3.63, 3.8) is 0 Å². The summed E-state index contributed by atoms with van der Waals surface area (Å²) >= 11 is 0. The first kappa shape index (κ1) is 21.9. The maximum Gasteiger partial charge on any atom is 0.417 e. The standard InChI is InChI=1S/C23H23F4N3O3/c1-10-2-5-16(28)13-8-29(7-12(10)13)17-6-15(23(25,26)27)18-20(19(17)24)30(11-3-4-11)9-14(21(18)31)22(32)33/h2,5-6,9-13,16H,3-4,7-8,28H2,1H3,(H,32,33). The summed E-state index contributed by atoms with van der Waals surface area (Å²) in [4.78, 5) is 26.0. The fourth-order valence-corrected chi connectivity index (χ4v) is 5.35. The van der Waals surface area contributed by atoms with Crippen LogP contribution in [0.2, 0.25) is 0 Å². The largest absolute Gasteiger partial charge is 0.477 e. The maximum atomic E-state index is 16.0. The van der Waals surface area contributed by atoms with Gasteiger partial charge in [0.2, 0.25) is 5.43 Å². The number of benzene rings is 1. The molecule has 1 aliphatic heterocycles. The Kier molecular flexibility index (Phi) is 4.86. The van der Waals surface area contributed by atoms with Crippen LogP contribution in [0.3, 0.4) is 0 Å². The number of allylic oxidation sites excluding steroid dienone is 1. The summed E-state index contributed by atoms with van der Waals surface area (Å²) in [6.07, 6.45) is 0.984. The second kappa shape index (κ2) is 7.31. The molecule has 0 radical (unpaired) electrons.